The zero-order valence-corrected chi connectivity index (χ0v) is 15.2. The third-order valence-electron chi connectivity index (χ3n) is 5.22. The number of hydrogen-bond donors (Lipinski definition) is 2. The first-order valence-corrected chi connectivity index (χ1v) is 9.31. The summed E-state index contributed by atoms with van der Waals surface area (Å²) in [6, 6.07) is 9.13. The number of rotatable bonds is 4. The van der Waals surface area contributed by atoms with E-state index in [0.717, 1.165) is 25.7 Å². The highest BCUT2D eigenvalue weighted by molar-refractivity contribution is 6.01. The fourth-order valence-corrected chi connectivity index (χ4v) is 3.83. The minimum absolute atomic E-state index is 0.0107. The van der Waals surface area contributed by atoms with Gasteiger partial charge in [-0.3, -0.25) is 14.6 Å². The molecule has 7 heteroatoms. The van der Waals surface area contributed by atoms with E-state index in [-0.39, 0.29) is 29.5 Å². The van der Waals surface area contributed by atoms with Gasteiger partial charge in [0.05, 0.1) is 5.52 Å². The largest absolute Gasteiger partial charge is 0.505 e. The highest BCUT2D eigenvalue weighted by Gasteiger charge is 2.27. The zero-order chi connectivity index (χ0) is 19.7. The lowest BCUT2D eigenvalue weighted by molar-refractivity contribution is 0.0946. The van der Waals surface area contributed by atoms with E-state index >= 15 is 0 Å². The predicted octanol–water partition coefficient (Wildman–Crippen LogP) is 3.29. The Bertz CT molecular complexity index is 1090. The fraction of sp³-hybridized carbons (Fsp3) is 0.286. The monoisotopic (exact) mass is 381 g/mol. The maximum absolute atomic E-state index is 13.2. The number of pyridine rings is 2. The summed E-state index contributed by atoms with van der Waals surface area (Å²) in [7, 11) is 0. The van der Waals surface area contributed by atoms with Crippen molar-refractivity contribution in [1.82, 2.24) is 14.9 Å². The van der Waals surface area contributed by atoms with E-state index in [1.807, 2.05) is 0 Å². The summed E-state index contributed by atoms with van der Waals surface area (Å²) in [5.74, 6) is -1.45. The van der Waals surface area contributed by atoms with Crippen LogP contribution in [0.15, 0.2) is 47.4 Å². The molecule has 0 saturated heterocycles. The smallest absolute Gasteiger partial charge is 0.268 e. The number of carbonyl (C=O) groups is 1. The molecule has 2 N–H and O–H groups in total. The van der Waals surface area contributed by atoms with Crippen molar-refractivity contribution in [3.63, 3.8) is 0 Å². The van der Waals surface area contributed by atoms with Gasteiger partial charge < -0.3 is 15.0 Å². The lowest BCUT2D eigenvalue weighted by atomic mass is 10.1. The van der Waals surface area contributed by atoms with Crippen molar-refractivity contribution in [3.05, 3.63) is 69.9 Å². The Morgan fingerprint density at radius 3 is 2.64 bits per heavy atom. The molecule has 2 aromatic heterocycles. The summed E-state index contributed by atoms with van der Waals surface area (Å²) in [4.78, 5) is 30.1. The van der Waals surface area contributed by atoms with Gasteiger partial charge in [0.15, 0.2) is 5.75 Å². The molecule has 0 bridgehead atoms. The van der Waals surface area contributed by atoms with Crippen LogP contribution in [0.4, 0.5) is 4.39 Å². The second-order valence-corrected chi connectivity index (χ2v) is 7.02. The molecule has 3 aromatic rings. The van der Waals surface area contributed by atoms with Crippen LogP contribution in [0, 0.1) is 5.82 Å². The first-order valence-electron chi connectivity index (χ1n) is 9.31. The summed E-state index contributed by atoms with van der Waals surface area (Å²) in [5.41, 5.74) is 0.638. The molecule has 1 amide bonds. The van der Waals surface area contributed by atoms with Gasteiger partial charge in [-0.05, 0) is 42.7 Å². The first kappa shape index (κ1) is 18.2. The van der Waals surface area contributed by atoms with Crippen LogP contribution in [-0.4, -0.2) is 20.6 Å². The van der Waals surface area contributed by atoms with Crippen LogP contribution in [0.3, 0.4) is 0 Å². The second-order valence-electron chi connectivity index (χ2n) is 7.02. The van der Waals surface area contributed by atoms with E-state index in [9.17, 15) is 19.1 Å². The van der Waals surface area contributed by atoms with Crippen molar-refractivity contribution in [1.29, 1.82) is 0 Å². The van der Waals surface area contributed by atoms with Crippen molar-refractivity contribution in [2.75, 3.05) is 0 Å². The molecule has 1 aliphatic rings. The number of halogens is 1. The van der Waals surface area contributed by atoms with Gasteiger partial charge in [-0.15, -0.1) is 0 Å². The number of aromatic hydroxyl groups is 1. The minimum atomic E-state index is -0.675. The SMILES string of the molecule is O=C(NCc1ccc(F)cc1)c1c(O)c2ncccc2n(C2CCCC2)c1=O. The second kappa shape index (κ2) is 7.42. The van der Waals surface area contributed by atoms with E-state index in [2.05, 4.69) is 10.3 Å². The predicted molar refractivity (Wildman–Crippen MR) is 103 cm³/mol. The van der Waals surface area contributed by atoms with Crippen LogP contribution >= 0.6 is 0 Å². The molecule has 0 aliphatic heterocycles. The Hall–Kier alpha value is -3.22. The number of nitrogens with zero attached hydrogens (tertiary/aromatic N) is 2. The van der Waals surface area contributed by atoms with Gasteiger partial charge in [0.2, 0.25) is 0 Å². The molecule has 4 rings (SSSR count). The van der Waals surface area contributed by atoms with E-state index in [0.29, 0.717) is 11.1 Å². The molecule has 6 nitrogen and oxygen atoms in total. The van der Waals surface area contributed by atoms with E-state index in [1.165, 1.54) is 18.3 Å². The van der Waals surface area contributed by atoms with Crippen LogP contribution < -0.4 is 10.9 Å². The summed E-state index contributed by atoms with van der Waals surface area (Å²) < 4.78 is 14.6. The Balaban J connectivity index is 1.74. The number of amides is 1. The van der Waals surface area contributed by atoms with Crippen molar-refractivity contribution >= 4 is 16.9 Å². The zero-order valence-electron chi connectivity index (χ0n) is 15.2. The maximum atomic E-state index is 13.2. The Labute approximate surface area is 160 Å². The Kier molecular flexibility index (Phi) is 4.81. The molecule has 0 spiro atoms. The highest BCUT2D eigenvalue weighted by atomic mass is 19.1. The van der Waals surface area contributed by atoms with Crippen LogP contribution in [0.25, 0.3) is 11.0 Å². The molecule has 0 unspecified atom stereocenters. The topological polar surface area (TPSA) is 84.2 Å². The molecule has 0 radical (unpaired) electrons. The van der Waals surface area contributed by atoms with Gasteiger partial charge in [-0.1, -0.05) is 25.0 Å². The first-order chi connectivity index (χ1) is 13.6. The standard InChI is InChI=1S/C21H20FN3O3/c22-14-9-7-13(8-10-14)12-24-20(27)17-19(26)18-16(6-3-11-23-18)25(21(17)28)15-4-1-2-5-15/h3,6-11,15,26H,1-2,4-5,12H2,(H,24,27). The van der Waals surface area contributed by atoms with Gasteiger partial charge >= 0.3 is 0 Å². The average molecular weight is 381 g/mol. The van der Waals surface area contributed by atoms with Gasteiger partial charge in [0, 0.05) is 18.8 Å². The number of aromatic nitrogens is 2. The van der Waals surface area contributed by atoms with E-state index in [1.54, 1.807) is 28.8 Å². The molecule has 1 saturated carbocycles. The molecule has 0 atom stereocenters. The van der Waals surface area contributed by atoms with E-state index < -0.39 is 17.2 Å². The van der Waals surface area contributed by atoms with Gasteiger partial charge in [0.25, 0.3) is 11.5 Å². The van der Waals surface area contributed by atoms with Crippen molar-refractivity contribution < 1.29 is 14.3 Å². The molecular weight excluding hydrogens is 361 g/mol. The van der Waals surface area contributed by atoms with Gasteiger partial charge in [0.1, 0.15) is 16.9 Å². The van der Waals surface area contributed by atoms with Crippen LogP contribution in [-0.2, 0) is 6.54 Å². The molecule has 1 aliphatic carbocycles. The number of nitrogens with one attached hydrogen (secondary N) is 1. The lowest BCUT2D eigenvalue weighted by Crippen LogP contribution is -2.34. The number of fused-ring (bicyclic) bond motifs is 1. The lowest BCUT2D eigenvalue weighted by Gasteiger charge is -2.19. The number of benzene rings is 1. The Morgan fingerprint density at radius 2 is 1.93 bits per heavy atom. The minimum Gasteiger partial charge on any atom is -0.505 e. The normalized spacial score (nSPS) is 14.5. The highest BCUT2D eigenvalue weighted by Crippen LogP contribution is 2.33. The Morgan fingerprint density at radius 1 is 1.21 bits per heavy atom. The summed E-state index contributed by atoms with van der Waals surface area (Å²) in [5, 5.41) is 13.3. The molecule has 144 valence electrons. The van der Waals surface area contributed by atoms with Gasteiger partial charge in [-0.2, -0.15) is 0 Å². The van der Waals surface area contributed by atoms with Gasteiger partial charge in [-0.25, -0.2) is 4.39 Å². The average Bonchev–Trinajstić information content (AvgIpc) is 3.22. The maximum Gasteiger partial charge on any atom is 0.268 e. The molecular formula is C21H20FN3O3. The molecule has 2 heterocycles. The third-order valence-corrected chi connectivity index (χ3v) is 5.22. The van der Waals surface area contributed by atoms with Crippen molar-refractivity contribution in [2.45, 2.75) is 38.3 Å². The molecule has 1 fully saturated rings. The van der Waals surface area contributed by atoms with Crippen LogP contribution in [0.2, 0.25) is 0 Å². The van der Waals surface area contributed by atoms with Crippen molar-refractivity contribution in [3.8, 4) is 5.75 Å². The third kappa shape index (κ3) is 3.24. The fourth-order valence-electron chi connectivity index (χ4n) is 3.83. The van der Waals surface area contributed by atoms with Crippen LogP contribution in [0.5, 0.6) is 5.75 Å². The summed E-state index contributed by atoms with van der Waals surface area (Å²) >= 11 is 0. The quantitative estimate of drug-likeness (QED) is 0.726. The number of hydrogen-bond acceptors (Lipinski definition) is 4. The number of carbonyl (C=O) groups excluding carboxylic acids is 1. The van der Waals surface area contributed by atoms with Crippen LogP contribution in [0.1, 0.15) is 47.6 Å². The van der Waals surface area contributed by atoms with E-state index in [4.69, 9.17) is 0 Å². The molecule has 28 heavy (non-hydrogen) atoms. The summed E-state index contributed by atoms with van der Waals surface area (Å²) in [6.45, 7) is 0.113. The summed E-state index contributed by atoms with van der Waals surface area (Å²) in [6.07, 6.45) is 5.26. The molecule has 1 aromatic carbocycles. The van der Waals surface area contributed by atoms with Crippen molar-refractivity contribution in [2.24, 2.45) is 0 Å².